The van der Waals surface area contributed by atoms with E-state index in [0.717, 1.165) is 11.1 Å². The summed E-state index contributed by atoms with van der Waals surface area (Å²) in [6.45, 7) is -0.446. The molecule has 6 nitrogen and oxygen atoms in total. The van der Waals surface area contributed by atoms with Gasteiger partial charge in [-0.3, -0.25) is 4.79 Å². The Bertz CT molecular complexity index is 1090. The molecule has 3 aromatic rings. The summed E-state index contributed by atoms with van der Waals surface area (Å²) in [6, 6.07) is 26.1. The number of benzene rings is 3. The van der Waals surface area contributed by atoms with E-state index >= 15 is 0 Å². The first-order valence-electron chi connectivity index (χ1n) is 8.89. The molecule has 0 atom stereocenters. The second-order valence-electron chi connectivity index (χ2n) is 6.25. The maximum atomic E-state index is 12.5. The molecule has 146 valence electrons. The summed E-state index contributed by atoms with van der Waals surface area (Å²) >= 11 is 0. The van der Waals surface area contributed by atoms with Crippen molar-refractivity contribution in [1.29, 1.82) is 5.26 Å². The molecule has 0 saturated heterocycles. The van der Waals surface area contributed by atoms with Gasteiger partial charge in [0.2, 0.25) is 15.9 Å². The third-order valence-corrected chi connectivity index (χ3v) is 5.75. The first-order chi connectivity index (χ1) is 14.0. The molecule has 7 heteroatoms. The van der Waals surface area contributed by atoms with E-state index in [0.29, 0.717) is 0 Å². The van der Waals surface area contributed by atoms with E-state index in [9.17, 15) is 13.2 Å². The van der Waals surface area contributed by atoms with Crippen molar-refractivity contribution in [2.24, 2.45) is 0 Å². The zero-order chi connectivity index (χ0) is 20.7. The smallest absolute Gasteiger partial charge is 0.242 e. The second kappa shape index (κ2) is 9.15. The monoisotopic (exact) mass is 405 g/mol. The van der Waals surface area contributed by atoms with Crippen molar-refractivity contribution in [3.05, 3.63) is 102 Å². The minimum Gasteiger partial charge on any atom is -0.344 e. The van der Waals surface area contributed by atoms with Gasteiger partial charge in [0, 0.05) is 0 Å². The van der Waals surface area contributed by atoms with Gasteiger partial charge in [0.15, 0.2) is 0 Å². The maximum absolute atomic E-state index is 12.5. The summed E-state index contributed by atoms with van der Waals surface area (Å²) in [7, 11) is -4.00. The standard InChI is InChI=1S/C22H19N3O3S/c23-15-19-13-7-8-14-20(19)29(27,28)24-16-21(26)25-22(17-9-3-1-4-10-17)18-11-5-2-6-12-18/h1-14,22,24H,16H2,(H,25,26). The van der Waals surface area contributed by atoms with Crippen LogP contribution in [-0.4, -0.2) is 20.9 Å². The molecule has 0 bridgehead atoms. The molecule has 0 radical (unpaired) electrons. The fourth-order valence-corrected chi connectivity index (χ4v) is 4.03. The molecule has 0 aromatic heterocycles. The lowest BCUT2D eigenvalue weighted by Crippen LogP contribution is -2.39. The van der Waals surface area contributed by atoms with Crippen LogP contribution in [0, 0.1) is 11.3 Å². The highest BCUT2D eigenvalue weighted by atomic mass is 32.2. The van der Waals surface area contributed by atoms with Crippen LogP contribution in [0.25, 0.3) is 0 Å². The van der Waals surface area contributed by atoms with Crippen LogP contribution in [0.4, 0.5) is 0 Å². The van der Waals surface area contributed by atoms with Crippen LogP contribution in [0.3, 0.4) is 0 Å². The third-order valence-electron chi connectivity index (χ3n) is 4.29. The number of nitrogens with zero attached hydrogens (tertiary/aromatic N) is 1. The summed E-state index contributed by atoms with van der Waals surface area (Å²) in [5.41, 5.74) is 1.78. The summed E-state index contributed by atoms with van der Waals surface area (Å²) in [6.07, 6.45) is 0. The molecule has 0 spiro atoms. The summed E-state index contributed by atoms with van der Waals surface area (Å²) in [4.78, 5) is 12.4. The highest BCUT2D eigenvalue weighted by molar-refractivity contribution is 7.89. The third kappa shape index (κ3) is 5.08. The molecule has 2 N–H and O–H groups in total. The summed E-state index contributed by atoms with van der Waals surface area (Å²) < 4.78 is 27.3. The van der Waals surface area contributed by atoms with Crippen molar-refractivity contribution < 1.29 is 13.2 Å². The average Bonchev–Trinajstić information content (AvgIpc) is 2.77. The van der Waals surface area contributed by atoms with Crippen LogP contribution in [0.15, 0.2) is 89.8 Å². The van der Waals surface area contributed by atoms with E-state index in [1.165, 1.54) is 18.2 Å². The topological polar surface area (TPSA) is 99.1 Å². The molecular weight excluding hydrogens is 386 g/mol. The van der Waals surface area contributed by atoms with Gasteiger partial charge in [-0.05, 0) is 23.3 Å². The molecule has 0 aliphatic carbocycles. The van der Waals surface area contributed by atoms with E-state index in [1.54, 1.807) is 6.07 Å². The zero-order valence-corrected chi connectivity index (χ0v) is 16.3. The highest BCUT2D eigenvalue weighted by Gasteiger charge is 2.21. The molecule has 0 aliphatic rings. The van der Waals surface area contributed by atoms with Crippen molar-refractivity contribution >= 4 is 15.9 Å². The van der Waals surface area contributed by atoms with Gasteiger partial charge in [-0.1, -0.05) is 72.8 Å². The Balaban J connectivity index is 1.75. The molecular formula is C22H19N3O3S. The van der Waals surface area contributed by atoms with E-state index in [1.807, 2.05) is 66.7 Å². The average molecular weight is 405 g/mol. The lowest BCUT2D eigenvalue weighted by molar-refractivity contribution is -0.120. The first kappa shape index (κ1) is 20.3. The van der Waals surface area contributed by atoms with Crippen LogP contribution in [0.2, 0.25) is 0 Å². The predicted molar refractivity (Wildman–Crippen MR) is 109 cm³/mol. The molecule has 3 aromatic carbocycles. The van der Waals surface area contributed by atoms with Crippen LogP contribution in [-0.2, 0) is 14.8 Å². The number of hydrogen-bond donors (Lipinski definition) is 2. The number of hydrogen-bond acceptors (Lipinski definition) is 4. The van der Waals surface area contributed by atoms with Crippen LogP contribution < -0.4 is 10.0 Å². The van der Waals surface area contributed by atoms with Crippen molar-refractivity contribution in [2.75, 3.05) is 6.54 Å². The highest BCUT2D eigenvalue weighted by Crippen LogP contribution is 2.21. The maximum Gasteiger partial charge on any atom is 0.242 e. The predicted octanol–water partition coefficient (Wildman–Crippen LogP) is 2.74. The van der Waals surface area contributed by atoms with Gasteiger partial charge in [-0.25, -0.2) is 13.1 Å². The lowest BCUT2D eigenvalue weighted by atomic mass is 9.99. The Morgan fingerprint density at radius 1 is 0.862 bits per heavy atom. The Hall–Kier alpha value is -3.47. The van der Waals surface area contributed by atoms with Gasteiger partial charge in [0.05, 0.1) is 23.0 Å². The number of carbonyl (C=O) groups excluding carboxylic acids is 1. The fourth-order valence-electron chi connectivity index (χ4n) is 2.89. The van der Waals surface area contributed by atoms with Gasteiger partial charge in [0.25, 0.3) is 0 Å². The van der Waals surface area contributed by atoms with Gasteiger partial charge in [-0.2, -0.15) is 5.26 Å². The molecule has 29 heavy (non-hydrogen) atoms. The number of rotatable bonds is 7. The number of nitriles is 1. The van der Waals surface area contributed by atoms with Crippen molar-refractivity contribution in [3.8, 4) is 6.07 Å². The van der Waals surface area contributed by atoms with Crippen LogP contribution in [0.1, 0.15) is 22.7 Å². The summed E-state index contributed by atoms with van der Waals surface area (Å²) in [5, 5.41) is 12.0. The lowest BCUT2D eigenvalue weighted by Gasteiger charge is -2.20. The van der Waals surface area contributed by atoms with E-state index in [2.05, 4.69) is 10.0 Å². The number of nitrogens with one attached hydrogen (secondary N) is 2. The Morgan fingerprint density at radius 3 is 1.93 bits per heavy atom. The van der Waals surface area contributed by atoms with Gasteiger partial charge in [-0.15, -0.1) is 0 Å². The van der Waals surface area contributed by atoms with Crippen molar-refractivity contribution in [1.82, 2.24) is 10.0 Å². The van der Waals surface area contributed by atoms with E-state index < -0.39 is 28.5 Å². The van der Waals surface area contributed by atoms with Crippen LogP contribution >= 0.6 is 0 Å². The quantitative estimate of drug-likeness (QED) is 0.631. The molecule has 0 heterocycles. The van der Waals surface area contributed by atoms with Gasteiger partial charge < -0.3 is 5.32 Å². The first-order valence-corrected chi connectivity index (χ1v) is 10.4. The molecule has 0 fully saturated rings. The minimum absolute atomic E-state index is 0.0202. The molecule has 0 aliphatic heterocycles. The van der Waals surface area contributed by atoms with Gasteiger partial charge in [0.1, 0.15) is 6.07 Å². The van der Waals surface area contributed by atoms with E-state index in [-0.39, 0.29) is 10.5 Å². The minimum atomic E-state index is -4.00. The largest absolute Gasteiger partial charge is 0.344 e. The summed E-state index contributed by atoms with van der Waals surface area (Å²) in [5.74, 6) is -0.485. The number of sulfonamides is 1. The molecule has 0 unspecified atom stereocenters. The Kier molecular flexibility index (Phi) is 6.39. The second-order valence-corrected chi connectivity index (χ2v) is 7.99. The van der Waals surface area contributed by atoms with Crippen LogP contribution in [0.5, 0.6) is 0 Å². The molecule has 1 amide bonds. The molecule has 3 rings (SSSR count). The van der Waals surface area contributed by atoms with Gasteiger partial charge >= 0.3 is 0 Å². The number of carbonyl (C=O) groups is 1. The van der Waals surface area contributed by atoms with Crippen molar-refractivity contribution in [3.63, 3.8) is 0 Å². The Morgan fingerprint density at radius 2 is 1.38 bits per heavy atom. The fraction of sp³-hybridized carbons (Fsp3) is 0.0909. The van der Waals surface area contributed by atoms with E-state index in [4.69, 9.17) is 5.26 Å². The SMILES string of the molecule is N#Cc1ccccc1S(=O)(=O)NCC(=O)NC(c1ccccc1)c1ccccc1. The van der Waals surface area contributed by atoms with Crippen molar-refractivity contribution in [2.45, 2.75) is 10.9 Å². The number of amides is 1. The zero-order valence-electron chi connectivity index (χ0n) is 15.4. The normalized spacial score (nSPS) is 11.0. The molecule has 0 saturated carbocycles. The Labute approximate surface area is 169 Å².